The van der Waals surface area contributed by atoms with Crippen LogP contribution in [-0.2, 0) is 16.4 Å². The van der Waals surface area contributed by atoms with Gasteiger partial charge in [0, 0.05) is 6.04 Å². The Morgan fingerprint density at radius 3 is 2.60 bits per heavy atom. The van der Waals surface area contributed by atoms with E-state index in [9.17, 15) is 12.8 Å². The number of rotatable bonds is 5. The summed E-state index contributed by atoms with van der Waals surface area (Å²) in [4.78, 5) is 3.71. The Morgan fingerprint density at radius 2 is 2.05 bits per heavy atom. The van der Waals surface area contributed by atoms with Crippen molar-refractivity contribution in [2.45, 2.75) is 23.6 Å². The zero-order valence-electron chi connectivity index (χ0n) is 10.5. The van der Waals surface area contributed by atoms with Crippen LogP contribution in [0.5, 0.6) is 0 Å². The first-order valence-corrected chi connectivity index (χ1v) is 8.43. The van der Waals surface area contributed by atoms with Crippen molar-refractivity contribution in [2.24, 2.45) is 0 Å². The molecule has 1 aromatic heterocycles. The topological polar surface area (TPSA) is 59.1 Å². The highest BCUT2D eigenvalue weighted by molar-refractivity contribution is 7.91. The molecule has 1 atom stereocenters. The second-order valence-corrected chi connectivity index (χ2v) is 7.84. The fraction of sp³-hybridized carbons (Fsp3) is 0.250. The maximum atomic E-state index is 12.8. The summed E-state index contributed by atoms with van der Waals surface area (Å²) < 4.78 is 39.7. The van der Waals surface area contributed by atoms with Crippen LogP contribution in [-0.4, -0.2) is 19.4 Å². The Labute approximate surface area is 125 Å². The Bertz CT molecular complexity index is 686. The van der Waals surface area contributed by atoms with Gasteiger partial charge in [-0.1, -0.05) is 35.1 Å². The minimum Gasteiger partial charge on any atom is -0.232 e. The van der Waals surface area contributed by atoms with Crippen LogP contribution in [0.3, 0.4) is 0 Å². The molecule has 0 spiro atoms. The van der Waals surface area contributed by atoms with Crippen LogP contribution in [0.25, 0.3) is 0 Å². The molecular formula is C12H12ClFN2O2S2. The van der Waals surface area contributed by atoms with E-state index in [0.29, 0.717) is 6.42 Å². The summed E-state index contributed by atoms with van der Waals surface area (Å²) in [6.45, 7) is 1.74. The zero-order chi connectivity index (χ0) is 14.8. The van der Waals surface area contributed by atoms with Crippen LogP contribution in [0, 0.1) is 5.82 Å². The van der Waals surface area contributed by atoms with Crippen molar-refractivity contribution in [1.29, 1.82) is 0 Å². The van der Waals surface area contributed by atoms with Crippen LogP contribution in [0.1, 0.15) is 12.5 Å². The molecule has 2 rings (SSSR count). The lowest BCUT2D eigenvalue weighted by Gasteiger charge is -2.13. The quantitative estimate of drug-likeness (QED) is 0.914. The number of halogens is 2. The van der Waals surface area contributed by atoms with Crippen molar-refractivity contribution in [3.05, 3.63) is 46.3 Å². The summed E-state index contributed by atoms with van der Waals surface area (Å²) in [6, 6.07) is 5.62. The number of nitrogens with zero attached hydrogens (tertiary/aromatic N) is 1. The van der Waals surface area contributed by atoms with Gasteiger partial charge in [0.2, 0.25) is 0 Å². The summed E-state index contributed by atoms with van der Waals surface area (Å²) >= 11 is 6.53. The van der Waals surface area contributed by atoms with Gasteiger partial charge in [0.15, 0.2) is 8.68 Å². The third-order valence-electron chi connectivity index (χ3n) is 2.53. The van der Waals surface area contributed by atoms with Crippen LogP contribution < -0.4 is 4.72 Å². The molecule has 0 saturated heterocycles. The van der Waals surface area contributed by atoms with Gasteiger partial charge in [-0.05, 0) is 31.0 Å². The van der Waals surface area contributed by atoms with E-state index in [1.807, 2.05) is 0 Å². The van der Waals surface area contributed by atoms with E-state index >= 15 is 0 Å². The van der Waals surface area contributed by atoms with Crippen molar-refractivity contribution >= 4 is 33.0 Å². The highest BCUT2D eigenvalue weighted by Crippen LogP contribution is 2.22. The fourth-order valence-electron chi connectivity index (χ4n) is 1.70. The number of nitrogens with one attached hydrogen (secondary N) is 1. The predicted octanol–water partition coefficient (Wildman–Crippen LogP) is 2.85. The predicted molar refractivity (Wildman–Crippen MR) is 77.0 cm³/mol. The van der Waals surface area contributed by atoms with Crippen LogP contribution in [0.2, 0.25) is 4.47 Å². The molecule has 1 aromatic carbocycles. The molecule has 4 nitrogen and oxygen atoms in total. The monoisotopic (exact) mass is 334 g/mol. The second kappa shape index (κ2) is 6.17. The average Bonchev–Trinajstić information content (AvgIpc) is 2.79. The molecule has 0 aliphatic carbocycles. The maximum absolute atomic E-state index is 12.8. The Morgan fingerprint density at radius 1 is 1.40 bits per heavy atom. The van der Waals surface area contributed by atoms with Gasteiger partial charge < -0.3 is 0 Å². The number of sulfonamides is 1. The molecule has 108 valence electrons. The number of thiazole rings is 1. The molecule has 8 heteroatoms. The summed E-state index contributed by atoms with van der Waals surface area (Å²) in [5.74, 6) is -0.318. The van der Waals surface area contributed by atoms with Crippen LogP contribution >= 0.6 is 22.9 Å². The highest BCUT2D eigenvalue weighted by atomic mass is 35.5. The van der Waals surface area contributed by atoms with Crippen LogP contribution in [0.15, 0.2) is 34.7 Å². The number of aromatic nitrogens is 1. The molecule has 20 heavy (non-hydrogen) atoms. The van der Waals surface area contributed by atoms with Gasteiger partial charge in [-0.3, -0.25) is 0 Å². The first-order valence-electron chi connectivity index (χ1n) is 5.75. The normalized spacial score (nSPS) is 13.3. The van der Waals surface area contributed by atoms with Crippen molar-refractivity contribution in [2.75, 3.05) is 0 Å². The van der Waals surface area contributed by atoms with Gasteiger partial charge in [0.1, 0.15) is 5.82 Å². The van der Waals surface area contributed by atoms with Crippen molar-refractivity contribution in [3.8, 4) is 0 Å². The van der Waals surface area contributed by atoms with Gasteiger partial charge in [-0.15, -0.1) is 0 Å². The molecule has 0 fully saturated rings. The lowest BCUT2D eigenvalue weighted by Crippen LogP contribution is -2.33. The minimum atomic E-state index is -3.62. The molecule has 0 saturated carbocycles. The smallest absolute Gasteiger partial charge is 0.232 e. The minimum absolute atomic E-state index is 0.0773. The number of hydrogen-bond acceptors (Lipinski definition) is 4. The van der Waals surface area contributed by atoms with Gasteiger partial charge in [0.05, 0.1) is 6.20 Å². The largest absolute Gasteiger partial charge is 0.251 e. The standard InChI is InChI=1S/C12H12ClFN2O2S2/c1-8(6-9-2-4-10(14)5-3-9)16-20(17,18)11-7-15-12(13)19-11/h2-5,7-8,16H,6H2,1H3. The van der Waals surface area contributed by atoms with Gasteiger partial charge in [-0.2, -0.15) is 0 Å². The van der Waals surface area contributed by atoms with Crippen LogP contribution in [0.4, 0.5) is 4.39 Å². The summed E-state index contributed by atoms with van der Waals surface area (Å²) in [7, 11) is -3.62. The first kappa shape index (κ1) is 15.4. The molecule has 0 amide bonds. The lowest BCUT2D eigenvalue weighted by atomic mass is 10.1. The highest BCUT2D eigenvalue weighted by Gasteiger charge is 2.20. The molecule has 1 unspecified atom stereocenters. The molecule has 1 N–H and O–H groups in total. The fourth-order valence-corrected chi connectivity index (χ4v) is 4.25. The molecule has 0 aliphatic rings. The molecule has 0 bridgehead atoms. The SMILES string of the molecule is CC(Cc1ccc(F)cc1)NS(=O)(=O)c1cnc(Cl)s1. The summed E-state index contributed by atoms with van der Waals surface area (Å²) in [5, 5.41) is 0. The number of benzene rings is 1. The van der Waals surface area contributed by atoms with E-state index in [1.54, 1.807) is 19.1 Å². The van der Waals surface area contributed by atoms with Crippen molar-refractivity contribution in [1.82, 2.24) is 9.71 Å². The van der Waals surface area contributed by atoms with Gasteiger partial charge >= 0.3 is 0 Å². The van der Waals surface area contributed by atoms with E-state index in [2.05, 4.69) is 9.71 Å². The van der Waals surface area contributed by atoms with Gasteiger partial charge in [0.25, 0.3) is 10.0 Å². The number of hydrogen-bond donors (Lipinski definition) is 1. The lowest BCUT2D eigenvalue weighted by molar-refractivity contribution is 0.561. The average molecular weight is 335 g/mol. The molecule has 0 aliphatic heterocycles. The Hall–Kier alpha value is -1.02. The van der Waals surface area contributed by atoms with Crippen molar-refractivity contribution in [3.63, 3.8) is 0 Å². The Balaban J connectivity index is 2.04. The third kappa shape index (κ3) is 3.99. The summed E-state index contributed by atoms with van der Waals surface area (Å²) in [5.41, 5.74) is 0.851. The molecule has 1 heterocycles. The second-order valence-electron chi connectivity index (χ2n) is 4.29. The molecule has 0 radical (unpaired) electrons. The zero-order valence-corrected chi connectivity index (χ0v) is 12.9. The van der Waals surface area contributed by atoms with E-state index in [-0.39, 0.29) is 20.5 Å². The third-order valence-corrected chi connectivity index (χ3v) is 5.70. The van der Waals surface area contributed by atoms with Gasteiger partial charge in [-0.25, -0.2) is 22.5 Å². The summed E-state index contributed by atoms with van der Waals surface area (Å²) in [6.07, 6.45) is 1.69. The van der Waals surface area contributed by atoms with E-state index < -0.39 is 10.0 Å². The molecule has 2 aromatic rings. The van der Waals surface area contributed by atoms with E-state index in [1.165, 1.54) is 18.3 Å². The van der Waals surface area contributed by atoms with E-state index in [0.717, 1.165) is 16.9 Å². The van der Waals surface area contributed by atoms with E-state index in [4.69, 9.17) is 11.6 Å². The van der Waals surface area contributed by atoms with Crippen molar-refractivity contribution < 1.29 is 12.8 Å². The first-order chi connectivity index (χ1) is 9.37. The maximum Gasteiger partial charge on any atom is 0.251 e. The Kier molecular flexibility index (Phi) is 4.74. The molecular weight excluding hydrogens is 323 g/mol.